The molecule has 1 N–H and O–H groups in total. The molecule has 0 aromatic heterocycles. The summed E-state index contributed by atoms with van der Waals surface area (Å²) in [4.78, 5) is 0. The molecule has 0 radical (unpaired) electrons. The minimum Gasteiger partial charge on any atom is -0.353 e. The molecular formula is C17H19Cl2N. The van der Waals surface area contributed by atoms with Gasteiger partial charge in [-0.25, -0.2) is 0 Å². The lowest BCUT2D eigenvalue weighted by Crippen LogP contribution is -2.10. The highest BCUT2D eigenvalue weighted by Crippen LogP contribution is 2.34. The number of nitrogens with one attached hydrogen (secondary N) is 1. The first kappa shape index (κ1) is 15.2. The number of anilines is 2. The monoisotopic (exact) mass is 307 g/mol. The quantitative estimate of drug-likeness (QED) is 0.699. The minimum absolute atomic E-state index is 0.224. The van der Waals surface area contributed by atoms with Gasteiger partial charge in [0.15, 0.2) is 0 Å². The van der Waals surface area contributed by atoms with E-state index in [0.29, 0.717) is 10.0 Å². The maximum absolute atomic E-state index is 6.22. The summed E-state index contributed by atoms with van der Waals surface area (Å²) in [7, 11) is 0. The molecule has 2 rings (SSSR count). The normalized spacial score (nSPS) is 11.4. The summed E-state index contributed by atoms with van der Waals surface area (Å²) in [5.74, 6) is 0. The standard InChI is InChI=1S/C17H19Cl2N/c1-17(2,3)11-12-7-4-5-10-15(12)20-16-13(18)8-6-9-14(16)19/h4-10,20H,11H2,1-3H3. The van der Waals surface area contributed by atoms with Crippen LogP contribution in [0.25, 0.3) is 0 Å². The fraction of sp³-hybridized carbons (Fsp3) is 0.294. The van der Waals surface area contributed by atoms with E-state index in [1.54, 1.807) is 0 Å². The molecule has 0 fully saturated rings. The average molecular weight is 308 g/mol. The van der Waals surface area contributed by atoms with E-state index in [4.69, 9.17) is 23.2 Å². The summed E-state index contributed by atoms with van der Waals surface area (Å²) in [6.45, 7) is 6.69. The smallest absolute Gasteiger partial charge is 0.0762 e. The summed E-state index contributed by atoms with van der Waals surface area (Å²) in [5, 5.41) is 4.62. The molecular weight excluding hydrogens is 289 g/mol. The Morgan fingerprint density at radius 3 is 2.10 bits per heavy atom. The predicted octanol–water partition coefficient (Wildman–Crippen LogP) is 6.33. The van der Waals surface area contributed by atoms with Gasteiger partial charge in [-0.05, 0) is 35.6 Å². The van der Waals surface area contributed by atoms with Crippen molar-refractivity contribution in [2.24, 2.45) is 5.41 Å². The molecule has 1 nitrogen and oxygen atoms in total. The number of rotatable bonds is 3. The molecule has 20 heavy (non-hydrogen) atoms. The molecule has 2 aromatic rings. The molecule has 0 atom stereocenters. The van der Waals surface area contributed by atoms with E-state index < -0.39 is 0 Å². The third-order valence-electron chi connectivity index (χ3n) is 2.96. The lowest BCUT2D eigenvalue weighted by molar-refractivity contribution is 0.412. The summed E-state index contributed by atoms with van der Waals surface area (Å²) in [5.41, 5.74) is 3.30. The Kier molecular flexibility index (Phi) is 4.62. The fourth-order valence-corrected chi connectivity index (χ4v) is 2.61. The van der Waals surface area contributed by atoms with Crippen LogP contribution < -0.4 is 5.32 Å². The van der Waals surface area contributed by atoms with Crippen molar-refractivity contribution in [2.45, 2.75) is 27.2 Å². The van der Waals surface area contributed by atoms with E-state index in [-0.39, 0.29) is 5.41 Å². The first-order valence-electron chi connectivity index (χ1n) is 6.66. The first-order valence-corrected chi connectivity index (χ1v) is 7.41. The van der Waals surface area contributed by atoms with Gasteiger partial charge < -0.3 is 5.32 Å². The van der Waals surface area contributed by atoms with E-state index in [1.807, 2.05) is 24.3 Å². The SMILES string of the molecule is CC(C)(C)Cc1ccccc1Nc1c(Cl)cccc1Cl. The van der Waals surface area contributed by atoms with Gasteiger partial charge in [0.2, 0.25) is 0 Å². The van der Waals surface area contributed by atoms with Crippen LogP contribution in [-0.2, 0) is 6.42 Å². The van der Waals surface area contributed by atoms with Crippen molar-refractivity contribution in [3.8, 4) is 0 Å². The van der Waals surface area contributed by atoms with Crippen molar-refractivity contribution in [3.05, 3.63) is 58.1 Å². The summed E-state index contributed by atoms with van der Waals surface area (Å²) >= 11 is 12.4. The van der Waals surface area contributed by atoms with Crippen molar-refractivity contribution in [1.29, 1.82) is 0 Å². The van der Waals surface area contributed by atoms with Crippen LogP contribution in [0.15, 0.2) is 42.5 Å². The van der Waals surface area contributed by atoms with Gasteiger partial charge >= 0.3 is 0 Å². The zero-order valence-electron chi connectivity index (χ0n) is 12.0. The van der Waals surface area contributed by atoms with Crippen LogP contribution in [0.2, 0.25) is 10.0 Å². The predicted molar refractivity (Wildman–Crippen MR) is 89.3 cm³/mol. The van der Waals surface area contributed by atoms with Crippen molar-refractivity contribution in [2.75, 3.05) is 5.32 Å². The molecule has 3 heteroatoms. The van der Waals surface area contributed by atoms with Gasteiger partial charge in [-0.1, -0.05) is 68.2 Å². The number of para-hydroxylation sites is 2. The Hall–Kier alpha value is -1.18. The Labute approximate surface area is 130 Å². The van der Waals surface area contributed by atoms with Gasteiger partial charge in [-0.15, -0.1) is 0 Å². The molecule has 0 amide bonds. The fourth-order valence-electron chi connectivity index (χ4n) is 2.12. The minimum atomic E-state index is 0.224. The second kappa shape index (κ2) is 6.07. The second-order valence-corrected chi connectivity index (χ2v) is 6.93. The lowest BCUT2D eigenvalue weighted by Gasteiger charge is -2.21. The summed E-state index contributed by atoms with van der Waals surface area (Å²) in [6.07, 6.45) is 0.984. The third-order valence-corrected chi connectivity index (χ3v) is 3.59. The van der Waals surface area contributed by atoms with Crippen LogP contribution in [0.4, 0.5) is 11.4 Å². The largest absolute Gasteiger partial charge is 0.353 e. The van der Waals surface area contributed by atoms with Crippen LogP contribution in [0.3, 0.4) is 0 Å². The van der Waals surface area contributed by atoms with E-state index >= 15 is 0 Å². The molecule has 106 valence electrons. The number of benzene rings is 2. The van der Waals surface area contributed by atoms with Gasteiger partial charge in [-0.2, -0.15) is 0 Å². The summed E-state index contributed by atoms with van der Waals surface area (Å²) < 4.78 is 0. The van der Waals surface area contributed by atoms with E-state index in [2.05, 4.69) is 44.3 Å². The van der Waals surface area contributed by atoms with Crippen LogP contribution in [0.1, 0.15) is 26.3 Å². The second-order valence-electron chi connectivity index (χ2n) is 6.12. The van der Waals surface area contributed by atoms with Gasteiger partial charge in [0.1, 0.15) is 0 Å². The molecule has 0 aliphatic rings. The van der Waals surface area contributed by atoms with E-state index in [0.717, 1.165) is 17.8 Å². The molecule has 0 bridgehead atoms. The van der Waals surface area contributed by atoms with E-state index in [9.17, 15) is 0 Å². The van der Waals surface area contributed by atoms with Gasteiger partial charge in [0.25, 0.3) is 0 Å². The molecule has 0 heterocycles. The maximum Gasteiger partial charge on any atom is 0.0762 e. The molecule has 0 saturated carbocycles. The van der Waals surface area contributed by atoms with Crippen LogP contribution in [0.5, 0.6) is 0 Å². The topological polar surface area (TPSA) is 12.0 Å². The molecule has 0 unspecified atom stereocenters. The van der Waals surface area contributed by atoms with Crippen molar-refractivity contribution in [1.82, 2.24) is 0 Å². The highest BCUT2D eigenvalue weighted by Gasteiger charge is 2.15. The number of hydrogen-bond acceptors (Lipinski definition) is 1. The van der Waals surface area contributed by atoms with Crippen molar-refractivity contribution < 1.29 is 0 Å². The lowest BCUT2D eigenvalue weighted by atomic mass is 9.87. The van der Waals surface area contributed by atoms with Crippen LogP contribution in [0, 0.1) is 5.41 Å². The molecule has 2 aromatic carbocycles. The Bertz CT molecular complexity index is 580. The van der Waals surface area contributed by atoms with E-state index in [1.165, 1.54) is 5.56 Å². The maximum atomic E-state index is 6.22. The summed E-state index contributed by atoms with van der Waals surface area (Å²) in [6, 6.07) is 13.8. The zero-order valence-corrected chi connectivity index (χ0v) is 13.5. The van der Waals surface area contributed by atoms with Crippen molar-refractivity contribution in [3.63, 3.8) is 0 Å². The van der Waals surface area contributed by atoms with Crippen molar-refractivity contribution >= 4 is 34.6 Å². The highest BCUT2D eigenvalue weighted by atomic mass is 35.5. The Morgan fingerprint density at radius 2 is 1.50 bits per heavy atom. The zero-order chi connectivity index (χ0) is 14.8. The van der Waals surface area contributed by atoms with Crippen LogP contribution in [-0.4, -0.2) is 0 Å². The van der Waals surface area contributed by atoms with Gasteiger partial charge in [0, 0.05) is 5.69 Å². The highest BCUT2D eigenvalue weighted by molar-refractivity contribution is 6.39. The van der Waals surface area contributed by atoms with Gasteiger partial charge in [0.05, 0.1) is 15.7 Å². The third kappa shape index (κ3) is 3.91. The number of hydrogen-bond donors (Lipinski definition) is 1. The molecule has 0 aliphatic carbocycles. The first-order chi connectivity index (χ1) is 9.37. The molecule has 0 saturated heterocycles. The number of halogens is 2. The van der Waals surface area contributed by atoms with Gasteiger partial charge in [-0.3, -0.25) is 0 Å². The Morgan fingerprint density at radius 1 is 0.900 bits per heavy atom. The molecule has 0 spiro atoms. The molecule has 0 aliphatic heterocycles. The average Bonchev–Trinajstić information content (AvgIpc) is 2.34. The van der Waals surface area contributed by atoms with Crippen LogP contribution >= 0.6 is 23.2 Å². The Balaban J connectivity index is 2.35.